The number of aromatic nitrogens is 3. The van der Waals surface area contributed by atoms with Gasteiger partial charge < -0.3 is 30.2 Å². The summed E-state index contributed by atoms with van der Waals surface area (Å²) in [6, 6.07) is 5.26. The van der Waals surface area contributed by atoms with Gasteiger partial charge in [0.15, 0.2) is 11.6 Å². The zero-order valence-corrected chi connectivity index (χ0v) is 20.3. The zero-order valence-electron chi connectivity index (χ0n) is 20.3. The lowest BCUT2D eigenvalue weighted by molar-refractivity contribution is 0.0835. The van der Waals surface area contributed by atoms with Gasteiger partial charge in [0.1, 0.15) is 18.1 Å². The minimum atomic E-state index is -2.70. The molecule has 2 aromatic rings. The van der Waals surface area contributed by atoms with Gasteiger partial charge in [0.2, 0.25) is 0 Å². The lowest BCUT2D eigenvalue weighted by Gasteiger charge is -2.32. The fourth-order valence-corrected chi connectivity index (χ4v) is 5.12. The number of hydrogen-bond donors (Lipinski definition) is 2. The number of piperidine rings is 1. The Kier molecular flexibility index (Phi) is 6.21. The molecular formula is C25H30F2N6O4. The van der Waals surface area contributed by atoms with Gasteiger partial charge in [-0.3, -0.25) is 4.79 Å². The number of ether oxygens (including phenoxy) is 3. The summed E-state index contributed by atoms with van der Waals surface area (Å²) in [5.41, 5.74) is 6.03. The second-order valence-corrected chi connectivity index (χ2v) is 10.4. The van der Waals surface area contributed by atoms with Gasteiger partial charge in [-0.2, -0.15) is 9.97 Å². The lowest BCUT2D eigenvalue weighted by atomic mass is 9.98. The number of pyridine rings is 1. The van der Waals surface area contributed by atoms with E-state index in [1.807, 2.05) is 0 Å². The molecule has 2 aliphatic carbocycles. The number of nitrogens with two attached hydrogens (primary N) is 1. The molecular weight excluding hydrogens is 486 g/mol. The van der Waals surface area contributed by atoms with Gasteiger partial charge in [-0.05, 0) is 30.9 Å². The monoisotopic (exact) mass is 516 g/mol. The maximum atomic E-state index is 13.3. The smallest absolute Gasteiger partial charge is 0.319 e. The summed E-state index contributed by atoms with van der Waals surface area (Å²) in [6.07, 6.45) is 3.12. The first kappa shape index (κ1) is 24.1. The molecule has 1 amide bonds. The fourth-order valence-electron chi connectivity index (χ4n) is 5.12. The largest absolute Gasteiger partial charge is 0.489 e. The highest BCUT2D eigenvalue weighted by Gasteiger charge is 2.57. The number of nitrogen functional groups attached to an aromatic ring is 1. The zero-order chi connectivity index (χ0) is 25.6. The molecule has 2 aromatic heterocycles. The molecule has 10 nitrogen and oxygen atoms in total. The van der Waals surface area contributed by atoms with Crippen molar-refractivity contribution >= 4 is 17.5 Å². The molecule has 4 heterocycles. The molecule has 2 saturated carbocycles. The third-order valence-corrected chi connectivity index (χ3v) is 7.76. The highest BCUT2D eigenvalue weighted by molar-refractivity contribution is 5.93. The molecule has 0 bridgehead atoms. The van der Waals surface area contributed by atoms with Crippen molar-refractivity contribution in [2.75, 3.05) is 50.2 Å². The number of nitrogens with one attached hydrogen (secondary N) is 1. The van der Waals surface area contributed by atoms with E-state index in [-0.39, 0.29) is 36.7 Å². The normalized spacial score (nSPS) is 27.9. The minimum absolute atomic E-state index is 0.0535. The molecule has 4 fully saturated rings. The number of carbonyl (C=O) groups is 1. The van der Waals surface area contributed by atoms with Crippen LogP contribution >= 0.6 is 0 Å². The Morgan fingerprint density at radius 1 is 1.19 bits per heavy atom. The van der Waals surface area contributed by atoms with Crippen LogP contribution in [0, 0.1) is 23.7 Å². The van der Waals surface area contributed by atoms with Crippen LogP contribution in [0.1, 0.15) is 29.8 Å². The van der Waals surface area contributed by atoms with Crippen LogP contribution < -0.4 is 25.4 Å². The molecule has 0 spiro atoms. The summed E-state index contributed by atoms with van der Waals surface area (Å²) in [5.74, 6) is -1.35. The molecule has 2 aliphatic heterocycles. The van der Waals surface area contributed by atoms with Crippen LogP contribution in [0.25, 0.3) is 0 Å². The average Bonchev–Trinajstić information content (AvgIpc) is 3.64. The van der Waals surface area contributed by atoms with E-state index in [2.05, 4.69) is 25.2 Å². The number of alkyl halides is 2. The van der Waals surface area contributed by atoms with Crippen molar-refractivity contribution in [2.45, 2.75) is 31.2 Å². The van der Waals surface area contributed by atoms with Crippen LogP contribution in [-0.2, 0) is 4.74 Å². The molecule has 0 aromatic carbocycles. The lowest BCUT2D eigenvalue weighted by Crippen LogP contribution is -2.37. The molecule has 4 aliphatic rings. The molecule has 2 unspecified atom stereocenters. The van der Waals surface area contributed by atoms with E-state index in [0.29, 0.717) is 68.0 Å². The highest BCUT2D eigenvalue weighted by Crippen LogP contribution is 2.48. The first-order valence-electron chi connectivity index (χ1n) is 12.7. The molecule has 12 heteroatoms. The molecule has 0 radical (unpaired) electrons. The van der Waals surface area contributed by atoms with Crippen LogP contribution in [0.15, 0.2) is 24.4 Å². The van der Waals surface area contributed by atoms with E-state index >= 15 is 0 Å². The first-order valence-corrected chi connectivity index (χ1v) is 12.7. The molecule has 4 atom stereocenters. The van der Waals surface area contributed by atoms with Gasteiger partial charge in [-0.1, -0.05) is 0 Å². The molecule has 198 valence electrons. The van der Waals surface area contributed by atoms with Crippen molar-refractivity contribution in [1.82, 2.24) is 20.3 Å². The van der Waals surface area contributed by atoms with E-state index in [9.17, 15) is 13.6 Å². The van der Waals surface area contributed by atoms with Crippen molar-refractivity contribution in [2.24, 2.45) is 23.7 Å². The van der Waals surface area contributed by atoms with Crippen LogP contribution in [0.5, 0.6) is 11.8 Å². The Morgan fingerprint density at radius 2 is 1.95 bits per heavy atom. The van der Waals surface area contributed by atoms with E-state index in [1.165, 1.54) is 0 Å². The summed E-state index contributed by atoms with van der Waals surface area (Å²) in [7, 11) is 0. The number of fused-ring (bicyclic) bond motifs is 1. The van der Waals surface area contributed by atoms with Crippen LogP contribution in [0.2, 0.25) is 0 Å². The van der Waals surface area contributed by atoms with E-state index in [4.69, 9.17) is 19.9 Å². The van der Waals surface area contributed by atoms with Crippen LogP contribution in [-0.4, -0.2) is 72.3 Å². The first-order chi connectivity index (χ1) is 17.9. The Hall–Kier alpha value is -3.28. The average molecular weight is 517 g/mol. The Morgan fingerprint density at radius 3 is 2.65 bits per heavy atom. The third kappa shape index (κ3) is 5.25. The topological polar surface area (TPSA) is 125 Å². The Bertz CT molecular complexity index is 1150. The maximum absolute atomic E-state index is 13.3. The second kappa shape index (κ2) is 9.55. The van der Waals surface area contributed by atoms with Crippen molar-refractivity contribution < 1.29 is 27.8 Å². The standard InChI is InChI=1S/C25H30F2N6O4/c26-25(27)9-15(25)11-37-24-30-18(23(34)32-21-16-12-35-13-17(16)21)8-20(31-24)33-6-3-14(4-7-33)10-36-19-2-1-5-29-22(19)28/h1-2,5,8,14-17,21H,3-4,6-7,9-13H2,(H2,28,29)(H,32,34)/t15?,16-,17+,21?. The highest BCUT2D eigenvalue weighted by atomic mass is 19.3. The van der Waals surface area contributed by atoms with Crippen molar-refractivity contribution in [1.29, 1.82) is 0 Å². The van der Waals surface area contributed by atoms with Gasteiger partial charge in [-0.25, -0.2) is 13.8 Å². The summed E-state index contributed by atoms with van der Waals surface area (Å²) in [5, 5.41) is 3.03. The van der Waals surface area contributed by atoms with E-state index in [1.54, 1.807) is 24.4 Å². The summed E-state index contributed by atoms with van der Waals surface area (Å²) in [6.45, 7) is 3.04. The number of hydrogen-bond acceptors (Lipinski definition) is 9. The van der Waals surface area contributed by atoms with Gasteiger partial charge in [0.05, 0.1) is 25.7 Å². The molecule has 2 saturated heterocycles. The summed E-state index contributed by atoms with van der Waals surface area (Å²) in [4.78, 5) is 27.8. The fraction of sp³-hybridized carbons (Fsp3) is 0.600. The third-order valence-electron chi connectivity index (χ3n) is 7.76. The van der Waals surface area contributed by atoms with Gasteiger partial charge in [0.25, 0.3) is 11.8 Å². The number of nitrogens with zero attached hydrogens (tertiary/aromatic N) is 4. The quantitative estimate of drug-likeness (QED) is 0.516. The molecule has 3 N–H and O–H groups in total. The summed E-state index contributed by atoms with van der Waals surface area (Å²) < 4.78 is 43.5. The van der Waals surface area contributed by atoms with Crippen molar-refractivity contribution in [3.05, 3.63) is 30.1 Å². The maximum Gasteiger partial charge on any atom is 0.319 e. The van der Waals surface area contributed by atoms with Crippen LogP contribution in [0.4, 0.5) is 20.4 Å². The van der Waals surface area contributed by atoms with Gasteiger partial charge >= 0.3 is 6.01 Å². The SMILES string of the molecule is Nc1ncccc1OCC1CCN(c2cc(C(=O)NC3[C@H]4COC[C@@H]34)nc(OCC3CC3(F)F)n2)CC1. The number of amides is 1. The second-order valence-electron chi connectivity index (χ2n) is 10.4. The Balaban J connectivity index is 1.10. The molecule has 6 rings (SSSR count). The number of anilines is 2. The van der Waals surface area contributed by atoms with Gasteiger partial charge in [0, 0.05) is 49.7 Å². The van der Waals surface area contributed by atoms with Crippen LogP contribution in [0.3, 0.4) is 0 Å². The molecule has 37 heavy (non-hydrogen) atoms. The van der Waals surface area contributed by atoms with E-state index in [0.717, 1.165) is 12.8 Å². The predicted molar refractivity (Wildman–Crippen MR) is 129 cm³/mol. The minimum Gasteiger partial charge on any atom is -0.489 e. The summed E-state index contributed by atoms with van der Waals surface area (Å²) >= 11 is 0. The number of halogens is 2. The number of carbonyl (C=O) groups excluding carboxylic acids is 1. The number of rotatable bonds is 9. The van der Waals surface area contributed by atoms with Crippen molar-refractivity contribution in [3.63, 3.8) is 0 Å². The predicted octanol–water partition coefficient (Wildman–Crippen LogP) is 2.16. The van der Waals surface area contributed by atoms with Gasteiger partial charge in [-0.15, -0.1) is 0 Å². The van der Waals surface area contributed by atoms with E-state index < -0.39 is 11.8 Å². The Labute approximate surface area is 212 Å². The van der Waals surface area contributed by atoms with Crippen molar-refractivity contribution in [3.8, 4) is 11.8 Å².